The normalized spacial score (nSPS) is 16.2. The highest BCUT2D eigenvalue weighted by Crippen LogP contribution is 2.32. The van der Waals surface area contributed by atoms with Crippen molar-refractivity contribution in [3.63, 3.8) is 0 Å². The fourth-order valence-corrected chi connectivity index (χ4v) is 5.07. The van der Waals surface area contributed by atoms with Crippen molar-refractivity contribution < 1.29 is 32.2 Å². The second-order valence-electron chi connectivity index (χ2n) is 7.87. The Labute approximate surface area is 197 Å². The number of methoxy groups -OCH3 is 1. The molecular weight excluding hydrogens is 464 g/mol. The summed E-state index contributed by atoms with van der Waals surface area (Å²) in [5, 5.41) is 5.15. The van der Waals surface area contributed by atoms with E-state index in [1.165, 1.54) is 35.7 Å². The number of carbonyl (C=O) groups excluding carboxylic acids is 2. The van der Waals surface area contributed by atoms with Crippen molar-refractivity contribution in [1.29, 1.82) is 0 Å². The zero-order valence-electron chi connectivity index (χ0n) is 18.9. The molecule has 11 nitrogen and oxygen atoms in total. The minimum atomic E-state index is -3.73. The first kappa shape index (κ1) is 23.8. The van der Waals surface area contributed by atoms with Gasteiger partial charge < -0.3 is 29.7 Å². The number of hydrogen-bond donors (Lipinski definition) is 2. The molecule has 1 saturated heterocycles. The third kappa shape index (κ3) is 5.08. The van der Waals surface area contributed by atoms with Gasteiger partial charge in [-0.05, 0) is 43.4 Å². The number of amides is 2. The molecule has 0 unspecified atom stereocenters. The van der Waals surface area contributed by atoms with E-state index in [4.69, 9.17) is 14.2 Å². The van der Waals surface area contributed by atoms with Crippen LogP contribution in [-0.4, -0.2) is 83.1 Å². The van der Waals surface area contributed by atoms with E-state index in [2.05, 4.69) is 15.5 Å². The van der Waals surface area contributed by atoms with Gasteiger partial charge in [0.2, 0.25) is 22.7 Å². The van der Waals surface area contributed by atoms with Gasteiger partial charge in [0.15, 0.2) is 11.5 Å². The van der Waals surface area contributed by atoms with Crippen LogP contribution in [0.15, 0.2) is 41.3 Å². The van der Waals surface area contributed by atoms with Gasteiger partial charge >= 0.3 is 0 Å². The van der Waals surface area contributed by atoms with Gasteiger partial charge in [0.1, 0.15) is 5.75 Å². The van der Waals surface area contributed by atoms with Gasteiger partial charge in [0, 0.05) is 31.7 Å². The third-order valence-electron chi connectivity index (χ3n) is 5.59. The summed E-state index contributed by atoms with van der Waals surface area (Å²) in [5.74, 6) is 0.300. The zero-order valence-corrected chi connectivity index (χ0v) is 19.7. The first-order valence-corrected chi connectivity index (χ1v) is 12.1. The van der Waals surface area contributed by atoms with Crippen LogP contribution in [0.2, 0.25) is 0 Å². The maximum absolute atomic E-state index is 13.1. The number of likely N-dealkylation sites (N-methyl/N-ethyl adjacent to an activating group) is 1. The van der Waals surface area contributed by atoms with E-state index in [-0.39, 0.29) is 23.9 Å². The molecule has 182 valence electrons. The Bertz CT molecular complexity index is 1190. The molecule has 0 aromatic heterocycles. The van der Waals surface area contributed by atoms with Crippen LogP contribution in [0.5, 0.6) is 17.2 Å². The Kier molecular flexibility index (Phi) is 6.91. The standard InChI is InChI=1S/C22H26N4O7S/c1-25-7-9-26(10-8-25)34(29,30)16-4-6-18(31-2)17(12-16)24-21(27)13-23-22(28)15-3-5-19-20(11-15)33-14-32-19/h3-6,11-12H,7-10,13-14H2,1-2H3,(H,23,28)(H,24,27). The maximum Gasteiger partial charge on any atom is 0.251 e. The molecule has 0 atom stereocenters. The van der Waals surface area contributed by atoms with Crippen molar-refractivity contribution in [2.45, 2.75) is 4.90 Å². The molecular formula is C22H26N4O7S. The smallest absolute Gasteiger partial charge is 0.251 e. The summed E-state index contributed by atoms with van der Waals surface area (Å²) in [4.78, 5) is 27.0. The lowest BCUT2D eigenvalue weighted by molar-refractivity contribution is -0.115. The predicted octanol–water partition coefficient (Wildman–Crippen LogP) is 0.728. The molecule has 0 bridgehead atoms. The SMILES string of the molecule is COc1ccc(S(=O)(=O)N2CCN(C)CC2)cc1NC(=O)CNC(=O)c1ccc2c(c1)OCO2. The quantitative estimate of drug-likeness (QED) is 0.582. The van der Waals surface area contributed by atoms with Crippen molar-refractivity contribution in [2.75, 3.05) is 59.0 Å². The van der Waals surface area contributed by atoms with E-state index in [9.17, 15) is 18.0 Å². The Morgan fingerprint density at radius 3 is 2.50 bits per heavy atom. The molecule has 2 amide bonds. The van der Waals surface area contributed by atoms with Gasteiger partial charge in [0.25, 0.3) is 5.91 Å². The van der Waals surface area contributed by atoms with Crippen LogP contribution >= 0.6 is 0 Å². The number of benzene rings is 2. The number of rotatable bonds is 7. The van der Waals surface area contributed by atoms with Gasteiger partial charge in [-0.3, -0.25) is 9.59 Å². The summed E-state index contributed by atoms with van der Waals surface area (Å²) in [6, 6.07) is 9.02. The van der Waals surface area contributed by atoms with E-state index in [0.717, 1.165) is 0 Å². The predicted molar refractivity (Wildman–Crippen MR) is 123 cm³/mol. The van der Waals surface area contributed by atoms with E-state index < -0.39 is 21.8 Å². The number of hydrogen-bond acceptors (Lipinski definition) is 8. The Morgan fingerprint density at radius 1 is 1.03 bits per heavy atom. The minimum absolute atomic E-state index is 0.0533. The molecule has 34 heavy (non-hydrogen) atoms. The molecule has 2 aromatic rings. The van der Waals surface area contributed by atoms with Crippen molar-refractivity contribution in [3.8, 4) is 17.2 Å². The van der Waals surface area contributed by atoms with Crippen LogP contribution in [0.4, 0.5) is 5.69 Å². The van der Waals surface area contributed by atoms with Crippen LogP contribution < -0.4 is 24.8 Å². The third-order valence-corrected chi connectivity index (χ3v) is 7.48. The van der Waals surface area contributed by atoms with Crippen molar-refractivity contribution in [2.24, 2.45) is 0 Å². The first-order valence-electron chi connectivity index (χ1n) is 10.6. The highest BCUT2D eigenvalue weighted by Gasteiger charge is 2.28. The summed E-state index contributed by atoms with van der Waals surface area (Å²) in [6.45, 7) is 1.82. The molecule has 2 heterocycles. The van der Waals surface area contributed by atoms with Gasteiger partial charge in [-0.2, -0.15) is 4.31 Å². The monoisotopic (exact) mass is 490 g/mol. The average molecular weight is 491 g/mol. The van der Waals surface area contributed by atoms with Crippen molar-refractivity contribution in [3.05, 3.63) is 42.0 Å². The molecule has 0 spiro atoms. The lowest BCUT2D eigenvalue weighted by atomic mass is 10.2. The Balaban J connectivity index is 1.42. The van der Waals surface area contributed by atoms with Crippen LogP contribution in [0.25, 0.3) is 0 Å². The van der Waals surface area contributed by atoms with E-state index >= 15 is 0 Å². The molecule has 2 N–H and O–H groups in total. The topological polar surface area (TPSA) is 127 Å². The van der Waals surface area contributed by atoms with E-state index in [1.807, 2.05) is 7.05 Å². The summed E-state index contributed by atoms with van der Waals surface area (Å²) < 4.78 is 43.3. The number of nitrogens with one attached hydrogen (secondary N) is 2. The molecule has 4 rings (SSSR count). The molecule has 2 aliphatic rings. The number of carbonyl (C=O) groups is 2. The summed E-state index contributed by atoms with van der Waals surface area (Å²) in [6.07, 6.45) is 0. The Morgan fingerprint density at radius 2 is 1.76 bits per heavy atom. The van der Waals surface area contributed by atoms with Gasteiger partial charge in [-0.15, -0.1) is 0 Å². The number of nitrogens with zero attached hydrogens (tertiary/aromatic N) is 2. The van der Waals surface area contributed by atoms with Crippen LogP contribution in [0, 0.1) is 0 Å². The number of piperazine rings is 1. The largest absolute Gasteiger partial charge is 0.495 e. The van der Waals surface area contributed by atoms with Crippen LogP contribution in [0.1, 0.15) is 10.4 Å². The lowest BCUT2D eigenvalue weighted by Gasteiger charge is -2.31. The van der Waals surface area contributed by atoms with Crippen LogP contribution in [0.3, 0.4) is 0 Å². The summed E-state index contributed by atoms with van der Waals surface area (Å²) >= 11 is 0. The highest BCUT2D eigenvalue weighted by atomic mass is 32.2. The molecule has 0 radical (unpaired) electrons. The summed E-state index contributed by atoms with van der Waals surface area (Å²) in [5.41, 5.74) is 0.509. The minimum Gasteiger partial charge on any atom is -0.495 e. The number of fused-ring (bicyclic) bond motifs is 1. The van der Waals surface area contributed by atoms with Gasteiger partial charge in [-0.1, -0.05) is 0 Å². The zero-order chi connectivity index (χ0) is 24.3. The number of ether oxygens (including phenoxy) is 3. The molecule has 0 aliphatic carbocycles. The molecule has 1 fully saturated rings. The number of sulfonamides is 1. The second-order valence-corrected chi connectivity index (χ2v) is 9.81. The van der Waals surface area contributed by atoms with Gasteiger partial charge in [-0.25, -0.2) is 8.42 Å². The molecule has 12 heteroatoms. The molecule has 2 aromatic carbocycles. The van der Waals surface area contributed by atoms with Crippen LogP contribution in [-0.2, 0) is 14.8 Å². The fraction of sp³-hybridized carbons (Fsp3) is 0.364. The average Bonchev–Trinajstić information content (AvgIpc) is 3.31. The second kappa shape index (κ2) is 9.87. The number of anilines is 1. The lowest BCUT2D eigenvalue weighted by Crippen LogP contribution is -2.47. The van der Waals surface area contributed by atoms with E-state index in [1.54, 1.807) is 12.1 Å². The summed E-state index contributed by atoms with van der Waals surface area (Å²) in [7, 11) is -0.369. The fourth-order valence-electron chi connectivity index (χ4n) is 3.62. The highest BCUT2D eigenvalue weighted by molar-refractivity contribution is 7.89. The van der Waals surface area contributed by atoms with Crippen molar-refractivity contribution in [1.82, 2.24) is 14.5 Å². The van der Waals surface area contributed by atoms with Gasteiger partial charge in [0.05, 0.1) is 24.2 Å². The first-order chi connectivity index (χ1) is 16.3. The molecule has 0 saturated carbocycles. The van der Waals surface area contributed by atoms with E-state index in [0.29, 0.717) is 49.0 Å². The van der Waals surface area contributed by atoms with Crippen molar-refractivity contribution >= 4 is 27.5 Å². The Hall–Kier alpha value is -3.35. The molecule has 2 aliphatic heterocycles. The maximum atomic E-state index is 13.1.